The number of nitrogens with zero attached hydrogens (tertiary/aromatic N) is 1. The minimum Gasteiger partial charge on any atom is -0.327 e. The molecule has 0 aliphatic heterocycles. The van der Waals surface area contributed by atoms with Crippen LogP contribution in [0.25, 0.3) is 0 Å². The van der Waals surface area contributed by atoms with E-state index in [0.717, 1.165) is 19.0 Å². The van der Waals surface area contributed by atoms with E-state index >= 15 is 0 Å². The molecule has 1 aliphatic rings. The molecule has 0 radical (unpaired) electrons. The van der Waals surface area contributed by atoms with E-state index in [4.69, 9.17) is 5.73 Å². The van der Waals surface area contributed by atoms with Crippen molar-refractivity contribution in [2.45, 2.75) is 38.8 Å². The SMILES string of the molecule is CC1CCC(N)C(CN(C)Cc2csc(Br)c2)C1. The van der Waals surface area contributed by atoms with Crippen LogP contribution in [0, 0.1) is 11.8 Å². The molecule has 0 amide bonds. The van der Waals surface area contributed by atoms with Gasteiger partial charge >= 0.3 is 0 Å². The molecule has 102 valence electrons. The normalized spacial score (nSPS) is 28.8. The van der Waals surface area contributed by atoms with Gasteiger partial charge in [-0.15, -0.1) is 11.3 Å². The molecule has 0 bridgehead atoms. The Labute approximate surface area is 123 Å². The van der Waals surface area contributed by atoms with Gasteiger partial charge in [0.15, 0.2) is 0 Å². The van der Waals surface area contributed by atoms with Crippen LogP contribution in [0.1, 0.15) is 31.7 Å². The first-order chi connectivity index (χ1) is 8.54. The predicted octanol–water partition coefficient (Wildman–Crippen LogP) is 3.71. The average Bonchev–Trinajstić information content (AvgIpc) is 2.69. The van der Waals surface area contributed by atoms with Gasteiger partial charge in [-0.2, -0.15) is 0 Å². The quantitative estimate of drug-likeness (QED) is 0.911. The number of hydrogen-bond acceptors (Lipinski definition) is 3. The molecule has 0 saturated heterocycles. The van der Waals surface area contributed by atoms with Gasteiger partial charge in [0, 0.05) is 19.1 Å². The van der Waals surface area contributed by atoms with Crippen LogP contribution in [0.5, 0.6) is 0 Å². The molecule has 1 aliphatic carbocycles. The highest BCUT2D eigenvalue weighted by Crippen LogP contribution is 2.29. The first-order valence-electron chi connectivity index (χ1n) is 6.71. The Bertz CT molecular complexity index is 380. The summed E-state index contributed by atoms with van der Waals surface area (Å²) in [7, 11) is 2.21. The van der Waals surface area contributed by atoms with E-state index in [9.17, 15) is 0 Å². The van der Waals surface area contributed by atoms with Crippen LogP contribution in [0.15, 0.2) is 15.2 Å². The highest BCUT2D eigenvalue weighted by atomic mass is 79.9. The topological polar surface area (TPSA) is 29.3 Å². The van der Waals surface area contributed by atoms with E-state index < -0.39 is 0 Å². The number of halogens is 1. The fourth-order valence-corrected chi connectivity index (χ4v) is 4.14. The summed E-state index contributed by atoms with van der Waals surface area (Å²) in [6, 6.07) is 2.61. The minimum absolute atomic E-state index is 0.401. The van der Waals surface area contributed by atoms with E-state index in [1.54, 1.807) is 11.3 Å². The lowest BCUT2D eigenvalue weighted by atomic mass is 9.79. The molecule has 2 rings (SSSR count). The second-order valence-electron chi connectivity index (χ2n) is 5.80. The average molecular weight is 331 g/mol. The Hall–Kier alpha value is 0.100. The van der Waals surface area contributed by atoms with Crippen molar-refractivity contribution in [3.05, 3.63) is 20.8 Å². The van der Waals surface area contributed by atoms with Crippen molar-refractivity contribution in [2.75, 3.05) is 13.6 Å². The Morgan fingerprint density at radius 2 is 2.28 bits per heavy atom. The third-order valence-corrected chi connectivity index (χ3v) is 5.48. The highest BCUT2D eigenvalue weighted by Gasteiger charge is 2.26. The summed E-state index contributed by atoms with van der Waals surface area (Å²) in [5, 5.41) is 2.23. The number of thiophene rings is 1. The monoisotopic (exact) mass is 330 g/mol. The fraction of sp³-hybridized carbons (Fsp3) is 0.714. The zero-order valence-corrected chi connectivity index (χ0v) is 13.6. The number of rotatable bonds is 4. The molecule has 4 heteroatoms. The summed E-state index contributed by atoms with van der Waals surface area (Å²) < 4.78 is 1.22. The maximum absolute atomic E-state index is 6.25. The zero-order valence-electron chi connectivity index (χ0n) is 11.2. The molecule has 1 fully saturated rings. The zero-order chi connectivity index (χ0) is 13.1. The van der Waals surface area contributed by atoms with Crippen molar-refractivity contribution in [3.63, 3.8) is 0 Å². The highest BCUT2D eigenvalue weighted by molar-refractivity contribution is 9.11. The van der Waals surface area contributed by atoms with E-state index in [1.807, 2.05) is 0 Å². The smallest absolute Gasteiger partial charge is 0.0701 e. The van der Waals surface area contributed by atoms with Gasteiger partial charge in [-0.25, -0.2) is 0 Å². The molecule has 3 unspecified atom stereocenters. The fourth-order valence-electron chi connectivity index (χ4n) is 2.94. The van der Waals surface area contributed by atoms with Crippen molar-refractivity contribution < 1.29 is 0 Å². The third-order valence-electron chi connectivity index (χ3n) is 3.92. The predicted molar refractivity (Wildman–Crippen MR) is 82.8 cm³/mol. The van der Waals surface area contributed by atoms with E-state index in [2.05, 4.69) is 46.2 Å². The van der Waals surface area contributed by atoms with Crippen LogP contribution in [-0.2, 0) is 6.54 Å². The summed E-state index contributed by atoms with van der Waals surface area (Å²) in [4.78, 5) is 2.41. The Morgan fingerprint density at radius 3 is 2.94 bits per heavy atom. The Balaban J connectivity index is 1.84. The van der Waals surface area contributed by atoms with Crippen molar-refractivity contribution >= 4 is 27.3 Å². The van der Waals surface area contributed by atoms with Gasteiger partial charge in [0.2, 0.25) is 0 Å². The lowest BCUT2D eigenvalue weighted by Crippen LogP contribution is -2.41. The van der Waals surface area contributed by atoms with Crippen LogP contribution in [-0.4, -0.2) is 24.5 Å². The first-order valence-corrected chi connectivity index (χ1v) is 8.39. The van der Waals surface area contributed by atoms with Gasteiger partial charge in [0.1, 0.15) is 0 Å². The maximum Gasteiger partial charge on any atom is 0.0701 e. The Morgan fingerprint density at radius 1 is 1.50 bits per heavy atom. The summed E-state index contributed by atoms with van der Waals surface area (Å²) >= 11 is 5.28. The molecular weight excluding hydrogens is 308 g/mol. The van der Waals surface area contributed by atoms with Crippen molar-refractivity contribution in [1.82, 2.24) is 4.90 Å². The molecule has 3 atom stereocenters. The summed E-state index contributed by atoms with van der Waals surface area (Å²) in [6.07, 6.45) is 3.79. The van der Waals surface area contributed by atoms with Gasteiger partial charge in [0.05, 0.1) is 3.79 Å². The molecule has 18 heavy (non-hydrogen) atoms. The van der Waals surface area contributed by atoms with Crippen molar-refractivity contribution in [3.8, 4) is 0 Å². The first kappa shape index (κ1) is 14.5. The van der Waals surface area contributed by atoms with E-state index in [-0.39, 0.29) is 0 Å². The van der Waals surface area contributed by atoms with Crippen LogP contribution < -0.4 is 5.73 Å². The molecule has 2 N–H and O–H groups in total. The molecule has 1 aromatic heterocycles. The van der Waals surface area contributed by atoms with Gasteiger partial charge < -0.3 is 10.6 Å². The lowest BCUT2D eigenvalue weighted by Gasteiger charge is -2.35. The van der Waals surface area contributed by atoms with E-state index in [1.165, 1.54) is 28.6 Å². The lowest BCUT2D eigenvalue weighted by molar-refractivity contribution is 0.177. The van der Waals surface area contributed by atoms with Gasteiger partial charge in [0.25, 0.3) is 0 Å². The van der Waals surface area contributed by atoms with Crippen LogP contribution in [0.3, 0.4) is 0 Å². The second-order valence-corrected chi connectivity index (χ2v) is 8.09. The number of hydrogen-bond donors (Lipinski definition) is 1. The molecular formula is C14H23BrN2S. The van der Waals surface area contributed by atoms with Gasteiger partial charge in [-0.05, 0) is 71.1 Å². The van der Waals surface area contributed by atoms with Gasteiger partial charge in [-0.3, -0.25) is 0 Å². The summed E-state index contributed by atoms with van der Waals surface area (Å²) in [6.45, 7) is 4.51. The molecule has 1 saturated carbocycles. The Kier molecular flexibility index (Phi) is 5.24. The third kappa shape index (κ3) is 4.05. The molecule has 0 aromatic carbocycles. The summed E-state index contributed by atoms with van der Waals surface area (Å²) in [5.41, 5.74) is 7.65. The van der Waals surface area contributed by atoms with Gasteiger partial charge in [-0.1, -0.05) is 6.92 Å². The molecule has 1 aromatic rings. The van der Waals surface area contributed by atoms with Crippen LogP contribution in [0.2, 0.25) is 0 Å². The summed E-state index contributed by atoms with van der Waals surface area (Å²) in [5.74, 6) is 1.51. The van der Waals surface area contributed by atoms with Crippen LogP contribution >= 0.6 is 27.3 Å². The second kappa shape index (κ2) is 6.51. The molecule has 1 heterocycles. The largest absolute Gasteiger partial charge is 0.327 e. The maximum atomic E-state index is 6.25. The number of nitrogens with two attached hydrogens (primary N) is 1. The standard InChI is InChI=1S/C14H23BrN2S/c1-10-3-4-13(16)12(5-10)8-17(2)7-11-6-14(15)18-9-11/h6,9-10,12-13H,3-5,7-8,16H2,1-2H3. The minimum atomic E-state index is 0.401. The molecule has 2 nitrogen and oxygen atoms in total. The molecule has 0 spiro atoms. The van der Waals surface area contributed by atoms with E-state index in [0.29, 0.717) is 12.0 Å². The van der Waals surface area contributed by atoms with Crippen molar-refractivity contribution in [1.29, 1.82) is 0 Å². The van der Waals surface area contributed by atoms with Crippen molar-refractivity contribution in [2.24, 2.45) is 17.6 Å². The van der Waals surface area contributed by atoms with Crippen LogP contribution in [0.4, 0.5) is 0 Å².